The van der Waals surface area contributed by atoms with Crippen LogP contribution in [0.5, 0.6) is 0 Å². The van der Waals surface area contributed by atoms with Crippen LogP contribution in [0.25, 0.3) is 0 Å². The van der Waals surface area contributed by atoms with Crippen LogP contribution in [0.15, 0.2) is 45.0 Å². The van der Waals surface area contributed by atoms with Crippen molar-refractivity contribution >= 4 is 33.4 Å². The minimum absolute atomic E-state index is 0.0678. The van der Waals surface area contributed by atoms with Gasteiger partial charge in [0.25, 0.3) is 5.91 Å². The lowest BCUT2D eigenvalue weighted by Crippen LogP contribution is -2.42. The number of carbonyl (C=O) groups excluding carboxylic acids is 1. The second kappa shape index (κ2) is 9.13. The average molecular weight is 478 g/mol. The van der Waals surface area contributed by atoms with E-state index in [0.29, 0.717) is 33.2 Å². The fraction of sp³-hybridized carbons (Fsp3) is 0.435. The number of carbonyl (C=O) groups is 1. The zero-order valence-corrected chi connectivity index (χ0v) is 20.1. The van der Waals surface area contributed by atoms with Crippen LogP contribution in [-0.4, -0.2) is 40.0 Å². The Morgan fingerprint density at radius 2 is 1.91 bits per heavy atom. The maximum atomic E-state index is 14.0. The van der Waals surface area contributed by atoms with Crippen molar-refractivity contribution in [1.82, 2.24) is 10.0 Å². The molecule has 0 unspecified atom stereocenters. The molecule has 0 atom stereocenters. The van der Waals surface area contributed by atoms with E-state index in [4.69, 9.17) is 0 Å². The van der Waals surface area contributed by atoms with Gasteiger partial charge in [-0.1, -0.05) is 25.6 Å². The molecule has 2 heterocycles. The molecule has 6 nitrogen and oxygen atoms in total. The quantitative estimate of drug-likeness (QED) is 0.678. The molecule has 2 N–H and O–H groups in total. The van der Waals surface area contributed by atoms with Crippen molar-refractivity contribution in [3.8, 4) is 0 Å². The van der Waals surface area contributed by atoms with E-state index < -0.39 is 15.8 Å². The van der Waals surface area contributed by atoms with Crippen molar-refractivity contribution in [2.24, 2.45) is 0 Å². The molecule has 1 saturated heterocycles. The highest BCUT2D eigenvalue weighted by atomic mass is 32.2. The Balaban J connectivity index is 1.85. The van der Waals surface area contributed by atoms with Gasteiger partial charge in [0, 0.05) is 22.4 Å². The SMILES string of the molecule is CCN1C(=O)c2ccc(F)cc2Sc2cc(S(=O)(=O)NC3CCNCC3)c(C(C)C)cc21. The molecule has 0 bridgehead atoms. The van der Waals surface area contributed by atoms with Crippen molar-refractivity contribution in [2.75, 3.05) is 24.5 Å². The topological polar surface area (TPSA) is 78.5 Å². The monoisotopic (exact) mass is 477 g/mol. The van der Waals surface area contributed by atoms with Crippen LogP contribution in [0.4, 0.5) is 10.1 Å². The molecule has 9 heteroatoms. The zero-order chi connectivity index (χ0) is 23.0. The lowest BCUT2D eigenvalue weighted by Gasteiger charge is -2.26. The Kier molecular flexibility index (Phi) is 6.63. The van der Waals surface area contributed by atoms with E-state index in [1.165, 1.54) is 30.0 Å². The summed E-state index contributed by atoms with van der Waals surface area (Å²) in [5.41, 5.74) is 1.73. The van der Waals surface area contributed by atoms with Gasteiger partial charge in [0.05, 0.1) is 16.1 Å². The molecule has 32 heavy (non-hydrogen) atoms. The lowest BCUT2D eigenvalue weighted by atomic mass is 10.0. The first-order valence-corrected chi connectivity index (χ1v) is 13.2. The van der Waals surface area contributed by atoms with Crippen LogP contribution in [-0.2, 0) is 10.0 Å². The standard InChI is InChI=1S/C23H28FN3O3S2/c1-4-27-19-12-18(14(2)3)22(32(29,30)26-16-7-9-25-10-8-16)13-21(19)31-20-11-15(24)5-6-17(20)23(27)28/h5-6,11-14,16,25-26H,4,7-10H2,1-3H3. The third kappa shape index (κ3) is 4.44. The van der Waals surface area contributed by atoms with Crippen LogP contribution in [0.1, 0.15) is 55.5 Å². The molecule has 2 aliphatic heterocycles. The van der Waals surface area contributed by atoms with Gasteiger partial charge in [-0.3, -0.25) is 4.79 Å². The van der Waals surface area contributed by atoms with Crippen molar-refractivity contribution in [2.45, 2.75) is 60.3 Å². The van der Waals surface area contributed by atoms with Crippen LogP contribution in [0, 0.1) is 5.82 Å². The summed E-state index contributed by atoms with van der Waals surface area (Å²) in [5.74, 6) is -0.719. The number of nitrogens with zero attached hydrogens (tertiary/aromatic N) is 1. The highest BCUT2D eigenvalue weighted by Gasteiger charge is 2.31. The van der Waals surface area contributed by atoms with E-state index in [1.54, 1.807) is 11.0 Å². The molecule has 4 rings (SSSR count). The number of nitrogens with one attached hydrogen (secondary N) is 2. The first kappa shape index (κ1) is 23.2. The largest absolute Gasteiger partial charge is 0.317 e. The minimum atomic E-state index is -3.77. The maximum absolute atomic E-state index is 14.0. The minimum Gasteiger partial charge on any atom is -0.317 e. The molecule has 0 aromatic heterocycles. The molecular formula is C23H28FN3O3S2. The number of hydrogen-bond acceptors (Lipinski definition) is 5. The van der Waals surface area contributed by atoms with Crippen LogP contribution >= 0.6 is 11.8 Å². The second-order valence-corrected chi connectivity index (χ2v) is 11.2. The maximum Gasteiger partial charge on any atom is 0.259 e. The van der Waals surface area contributed by atoms with Crippen LogP contribution in [0.3, 0.4) is 0 Å². The van der Waals surface area contributed by atoms with Crippen molar-refractivity contribution in [1.29, 1.82) is 0 Å². The van der Waals surface area contributed by atoms with Gasteiger partial charge in [-0.25, -0.2) is 17.5 Å². The van der Waals surface area contributed by atoms with Gasteiger partial charge < -0.3 is 10.2 Å². The van der Waals surface area contributed by atoms with E-state index in [9.17, 15) is 17.6 Å². The molecule has 0 aliphatic carbocycles. The molecule has 2 aromatic carbocycles. The van der Waals surface area contributed by atoms with Gasteiger partial charge >= 0.3 is 0 Å². The van der Waals surface area contributed by atoms with Gasteiger partial charge in [0.2, 0.25) is 10.0 Å². The second-order valence-electron chi connectivity index (χ2n) is 8.45. The van der Waals surface area contributed by atoms with Gasteiger partial charge in [-0.15, -0.1) is 0 Å². The summed E-state index contributed by atoms with van der Waals surface area (Å²) in [5, 5.41) is 3.24. The number of benzene rings is 2. The fourth-order valence-corrected chi connectivity index (χ4v) is 7.09. The van der Waals surface area contributed by atoms with Crippen LogP contribution in [0.2, 0.25) is 0 Å². The van der Waals surface area contributed by atoms with E-state index >= 15 is 0 Å². The molecule has 2 aliphatic rings. The van der Waals surface area contributed by atoms with Crippen molar-refractivity contribution in [3.63, 3.8) is 0 Å². The molecule has 0 spiro atoms. The number of hydrogen-bond donors (Lipinski definition) is 2. The number of amides is 1. The number of anilines is 1. The van der Waals surface area contributed by atoms with E-state index in [1.807, 2.05) is 26.8 Å². The summed E-state index contributed by atoms with van der Waals surface area (Å²) in [6, 6.07) is 7.45. The van der Waals surface area contributed by atoms with E-state index in [2.05, 4.69) is 10.0 Å². The van der Waals surface area contributed by atoms with E-state index in [-0.39, 0.29) is 22.8 Å². The third-order valence-corrected chi connectivity index (χ3v) is 8.59. The van der Waals surface area contributed by atoms with Gasteiger partial charge in [-0.2, -0.15) is 0 Å². The number of sulfonamides is 1. The smallest absolute Gasteiger partial charge is 0.259 e. The Hall–Kier alpha value is -1.94. The molecule has 0 radical (unpaired) electrons. The average Bonchev–Trinajstić information content (AvgIpc) is 2.85. The fourth-order valence-electron chi connectivity index (χ4n) is 4.21. The number of halogens is 1. The molecule has 172 valence electrons. The normalized spacial score (nSPS) is 17.3. The van der Waals surface area contributed by atoms with Gasteiger partial charge in [0.1, 0.15) is 5.82 Å². The predicted octanol–water partition coefficient (Wildman–Crippen LogP) is 4.11. The molecule has 0 saturated carbocycles. The molecule has 2 aromatic rings. The Labute approximate surface area is 193 Å². The Morgan fingerprint density at radius 3 is 2.56 bits per heavy atom. The lowest BCUT2D eigenvalue weighted by molar-refractivity contribution is 0.0985. The summed E-state index contributed by atoms with van der Waals surface area (Å²) in [7, 11) is -3.77. The third-order valence-electron chi connectivity index (χ3n) is 5.91. The summed E-state index contributed by atoms with van der Waals surface area (Å²) in [4.78, 5) is 16.2. The van der Waals surface area contributed by atoms with E-state index in [0.717, 1.165) is 25.9 Å². The first-order chi connectivity index (χ1) is 15.2. The predicted molar refractivity (Wildman–Crippen MR) is 125 cm³/mol. The summed E-state index contributed by atoms with van der Waals surface area (Å²) in [6.45, 7) is 7.73. The Bertz CT molecular complexity index is 1150. The first-order valence-electron chi connectivity index (χ1n) is 10.9. The highest BCUT2D eigenvalue weighted by molar-refractivity contribution is 7.99. The summed E-state index contributed by atoms with van der Waals surface area (Å²) < 4.78 is 43.7. The van der Waals surface area contributed by atoms with Crippen LogP contribution < -0.4 is 14.9 Å². The van der Waals surface area contributed by atoms with Gasteiger partial charge in [-0.05, 0) is 74.7 Å². The number of rotatable bonds is 5. The summed E-state index contributed by atoms with van der Waals surface area (Å²) in [6.07, 6.45) is 1.47. The zero-order valence-electron chi connectivity index (χ0n) is 18.4. The number of piperidine rings is 1. The van der Waals surface area contributed by atoms with Crippen molar-refractivity contribution in [3.05, 3.63) is 47.3 Å². The molecular weight excluding hydrogens is 449 g/mol. The molecule has 1 fully saturated rings. The van der Waals surface area contributed by atoms with Crippen molar-refractivity contribution < 1.29 is 17.6 Å². The summed E-state index contributed by atoms with van der Waals surface area (Å²) >= 11 is 1.23. The Morgan fingerprint density at radius 1 is 1.19 bits per heavy atom. The molecule has 1 amide bonds. The highest BCUT2D eigenvalue weighted by Crippen LogP contribution is 2.44. The van der Waals surface area contributed by atoms with Gasteiger partial charge in [0.15, 0.2) is 0 Å². The number of fused-ring (bicyclic) bond motifs is 2.